The van der Waals surface area contributed by atoms with E-state index in [4.69, 9.17) is 60.4 Å². The average Bonchev–Trinajstić information content (AvgIpc) is 2.34. The number of ether oxygens (including phenoxy) is 7. The lowest BCUT2D eigenvalue weighted by Gasteiger charge is -2.22. The number of phenolic OH excluding ortho intramolecular Hbond substituents is 1. The lowest BCUT2D eigenvalue weighted by atomic mass is 10.0. The average molecular weight is 1420 g/mol. The molecule has 0 spiro atoms. The minimum absolute atomic E-state index is 0.0741. The Labute approximate surface area is 548 Å². The summed E-state index contributed by atoms with van der Waals surface area (Å²) >= 11 is 6.14. The normalized spacial score (nSPS) is 12.8. The standard InChI is InChI=1S/C18H28FNO4.C18H24FNO4.C9H8BrFO3.C9H15NO2.C6H4BrFO.C5H10O3/c2*1-12(20-17(22)24-18(3,4)5)6-7-14-8-9-15(19)10-16(14)23-13(2)11-21;1-5(9(12)13)14-8-4-6(11)2-3-7(8)10;1-6-7(2)10-8(11)12-9(3,4)5;7-5-2-1-4(8)3-6(5)9;1-3-8-5(7)4(2)6/h8-10,12-13,21H,6-7,11H2,1-5H3,(H,20,22);8-10,12-13,21H,11H2,1-5H3,(H,20,22);2-5H,1H3,(H,12,13);1,7H,2-5H3,(H,10,11);1-3,9H;4,6H,3H2,1-2H3/t2*12-,13-;5-;7-;;4-/m0000.1/s1. The molecule has 0 aliphatic rings. The molecule has 7 atom stereocenters. The van der Waals surface area contributed by atoms with Gasteiger partial charge in [-0.2, -0.15) is 0 Å². The Kier molecular flexibility index (Phi) is 40.7. The number of aliphatic carboxylic acids is 1. The summed E-state index contributed by atoms with van der Waals surface area (Å²) in [5, 5.41) is 51.9. The third-order valence-corrected chi connectivity index (χ3v) is 11.3. The van der Waals surface area contributed by atoms with E-state index in [9.17, 15) is 41.5 Å². The highest BCUT2D eigenvalue weighted by molar-refractivity contribution is 9.11. The SMILES string of the molecule is C#C[C@H](C)NC(=O)OC(C)(C)C.CCOC(=O)[C@@H](C)O.C[C@@H](C#Cc1ccc(F)cc1O[C@@H](C)CO)NC(=O)OC(C)(C)C.C[C@@H](CCc1ccc(F)cc1O[C@@H](C)CO)NC(=O)OC(C)(C)C.C[C@H](Oc1cc(F)ccc1Br)C(=O)O.Oc1cc(F)ccc1Br. The molecule has 91 heavy (non-hydrogen) atoms. The minimum Gasteiger partial charge on any atom is -0.507 e. The molecule has 0 aliphatic heterocycles. The summed E-state index contributed by atoms with van der Waals surface area (Å²) < 4.78 is 88.5. The number of carboxylic acids is 1. The predicted octanol–water partition coefficient (Wildman–Crippen LogP) is 12.5. The maximum atomic E-state index is 13.4. The zero-order chi connectivity index (χ0) is 70.6. The number of aromatic hydroxyl groups is 1. The van der Waals surface area contributed by atoms with Crippen LogP contribution in [-0.2, 0) is 35.0 Å². The second-order valence-electron chi connectivity index (χ2n) is 22.6. The monoisotopic (exact) mass is 1420 g/mol. The number of nitrogens with one attached hydrogen (secondary N) is 3. The van der Waals surface area contributed by atoms with Gasteiger partial charge in [0.05, 0.1) is 46.4 Å². The molecule has 0 radical (unpaired) electrons. The predicted molar refractivity (Wildman–Crippen MR) is 344 cm³/mol. The van der Waals surface area contributed by atoms with Gasteiger partial charge in [-0.1, -0.05) is 23.8 Å². The largest absolute Gasteiger partial charge is 0.507 e. The zero-order valence-corrected chi connectivity index (χ0v) is 57.7. The van der Waals surface area contributed by atoms with Crippen LogP contribution in [0.4, 0.5) is 31.9 Å². The van der Waals surface area contributed by atoms with Crippen molar-refractivity contribution in [2.24, 2.45) is 0 Å². The van der Waals surface area contributed by atoms with Crippen LogP contribution in [0.15, 0.2) is 81.7 Å². The van der Waals surface area contributed by atoms with E-state index in [0.29, 0.717) is 39.7 Å². The number of aliphatic hydroxyl groups excluding tert-OH is 3. The van der Waals surface area contributed by atoms with Gasteiger partial charge in [0.25, 0.3) is 0 Å². The van der Waals surface area contributed by atoms with E-state index in [0.717, 1.165) is 17.7 Å². The maximum Gasteiger partial charge on any atom is 0.408 e. The number of hydrogen-bond acceptors (Lipinski definition) is 16. The van der Waals surface area contributed by atoms with Gasteiger partial charge < -0.3 is 74.6 Å². The molecule has 20 nitrogen and oxygen atoms in total. The highest BCUT2D eigenvalue weighted by atomic mass is 79.9. The van der Waals surface area contributed by atoms with Crippen molar-refractivity contribution in [3.8, 4) is 47.2 Å². The number of aryl methyl sites for hydroxylation is 1. The van der Waals surface area contributed by atoms with Crippen molar-refractivity contribution in [2.45, 2.75) is 190 Å². The van der Waals surface area contributed by atoms with Crippen molar-refractivity contribution >= 4 is 62.1 Å². The number of esters is 1. The second-order valence-corrected chi connectivity index (χ2v) is 24.3. The first kappa shape index (κ1) is 85.6. The van der Waals surface area contributed by atoms with Gasteiger partial charge in [0.15, 0.2) is 6.10 Å². The van der Waals surface area contributed by atoms with E-state index in [2.05, 4.69) is 70.3 Å². The molecule has 0 saturated heterocycles. The summed E-state index contributed by atoms with van der Waals surface area (Å²) in [6.45, 7) is 29.2. The van der Waals surface area contributed by atoms with Crippen LogP contribution in [0.25, 0.3) is 0 Å². The third-order valence-electron chi connectivity index (χ3n) is 9.97. The Morgan fingerprint density at radius 3 is 1.43 bits per heavy atom. The summed E-state index contributed by atoms with van der Waals surface area (Å²) in [7, 11) is 0. The Morgan fingerprint density at radius 1 is 0.593 bits per heavy atom. The highest BCUT2D eigenvalue weighted by Crippen LogP contribution is 2.27. The van der Waals surface area contributed by atoms with E-state index in [1.165, 1.54) is 68.4 Å². The van der Waals surface area contributed by atoms with Crippen LogP contribution in [0.5, 0.6) is 23.0 Å². The topological polar surface area (TPSA) is 287 Å². The van der Waals surface area contributed by atoms with Gasteiger partial charge in [-0.15, -0.1) is 6.42 Å². The maximum absolute atomic E-state index is 13.4. The number of aliphatic hydroxyl groups is 3. The van der Waals surface area contributed by atoms with Gasteiger partial charge in [-0.3, -0.25) is 0 Å². The number of terminal acetylenes is 1. The first-order valence-corrected chi connectivity index (χ1v) is 30.0. The highest BCUT2D eigenvalue weighted by Gasteiger charge is 2.21. The van der Waals surface area contributed by atoms with Crippen molar-refractivity contribution in [3.63, 3.8) is 0 Å². The lowest BCUT2D eigenvalue weighted by molar-refractivity contribution is -0.152. The van der Waals surface area contributed by atoms with E-state index in [1.807, 2.05) is 27.7 Å². The van der Waals surface area contributed by atoms with Crippen molar-refractivity contribution in [1.29, 1.82) is 0 Å². The molecule has 0 heterocycles. The number of rotatable bonds is 17. The first-order valence-electron chi connectivity index (χ1n) is 28.4. The summed E-state index contributed by atoms with van der Waals surface area (Å²) in [5.41, 5.74) is -0.306. The number of amides is 3. The number of hydrogen-bond donors (Lipinski definition) is 8. The number of carbonyl (C=O) groups excluding carboxylic acids is 4. The number of phenols is 1. The Bertz CT molecular complexity index is 2990. The third kappa shape index (κ3) is 43.8. The van der Waals surface area contributed by atoms with Crippen molar-refractivity contribution in [2.75, 3.05) is 19.8 Å². The fourth-order valence-corrected chi connectivity index (χ4v) is 6.38. The van der Waals surface area contributed by atoms with Crippen LogP contribution in [0, 0.1) is 47.5 Å². The van der Waals surface area contributed by atoms with Gasteiger partial charge in [0, 0.05) is 30.3 Å². The minimum atomic E-state index is -1.10. The van der Waals surface area contributed by atoms with Gasteiger partial charge in [-0.25, -0.2) is 41.5 Å². The molecule has 0 fully saturated rings. The molecule has 4 rings (SSSR count). The van der Waals surface area contributed by atoms with Gasteiger partial charge in [0.1, 0.15) is 81.4 Å². The lowest BCUT2D eigenvalue weighted by Crippen LogP contribution is -2.37. The number of halogens is 6. The molecule has 0 aliphatic carbocycles. The summed E-state index contributed by atoms with van der Waals surface area (Å²) in [4.78, 5) is 55.1. The van der Waals surface area contributed by atoms with E-state index in [-0.39, 0.29) is 48.4 Å². The van der Waals surface area contributed by atoms with Gasteiger partial charge in [0.2, 0.25) is 0 Å². The number of carbonyl (C=O) groups is 5. The van der Waals surface area contributed by atoms with Crippen molar-refractivity contribution < 1.29 is 100 Å². The Balaban J connectivity index is 0. The Hall–Kier alpha value is -7.49. The van der Waals surface area contributed by atoms with Crippen LogP contribution in [-0.4, -0.2) is 135 Å². The van der Waals surface area contributed by atoms with E-state index in [1.54, 1.807) is 82.2 Å². The molecule has 0 saturated carbocycles. The van der Waals surface area contributed by atoms with E-state index >= 15 is 0 Å². The number of benzene rings is 4. The van der Waals surface area contributed by atoms with Crippen LogP contribution in [0.2, 0.25) is 0 Å². The quantitative estimate of drug-likeness (QED) is 0.0211. The van der Waals surface area contributed by atoms with Crippen LogP contribution in [0.1, 0.15) is 135 Å². The molecular weight excluding hydrogens is 1330 g/mol. The van der Waals surface area contributed by atoms with Crippen LogP contribution < -0.4 is 30.2 Å². The van der Waals surface area contributed by atoms with Crippen molar-refractivity contribution in [1.82, 2.24) is 16.0 Å². The molecule has 3 amide bonds. The molecule has 8 N–H and O–H groups in total. The fraction of sp³-hybridized carbons (Fsp3) is 0.492. The molecule has 0 bridgehead atoms. The van der Waals surface area contributed by atoms with E-state index < -0.39 is 94.9 Å². The van der Waals surface area contributed by atoms with Crippen LogP contribution in [0.3, 0.4) is 0 Å². The number of alkyl carbamates (subject to hydrolysis) is 3. The molecule has 26 heteroatoms. The molecule has 0 aromatic heterocycles. The fourth-order valence-electron chi connectivity index (χ4n) is 5.79. The Morgan fingerprint density at radius 2 is 1.01 bits per heavy atom. The zero-order valence-electron chi connectivity index (χ0n) is 54.5. The molecule has 4 aromatic carbocycles. The molecule has 508 valence electrons. The van der Waals surface area contributed by atoms with Gasteiger partial charge in [-0.05, 0) is 210 Å². The first-order chi connectivity index (χ1) is 41.9. The number of carboxylic acid groups (broad SMARTS) is 1. The molecule has 0 unspecified atom stereocenters. The summed E-state index contributed by atoms with van der Waals surface area (Å²) in [6, 6.07) is 15.1. The smallest absolute Gasteiger partial charge is 0.408 e. The molecule has 4 aromatic rings. The van der Waals surface area contributed by atoms with Crippen LogP contribution >= 0.6 is 31.9 Å². The summed E-state index contributed by atoms with van der Waals surface area (Å²) in [6.07, 6.45) is 1.92. The second kappa shape index (κ2) is 43.3. The van der Waals surface area contributed by atoms with Crippen molar-refractivity contribution in [3.05, 3.63) is 116 Å². The molecular formula is C65H89Br2F4N3O17. The van der Waals surface area contributed by atoms with Gasteiger partial charge >= 0.3 is 30.2 Å². The summed E-state index contributed by atoms with van der Waals surface area (Å²) in [5.74, 6) is 5.41.